The molecule has 142 valence electrons. The van der Waals surface area contributed by atoms with Gasteiger partial charge in [0.05, 0.1) is 19.6 Å². The molecule has 2 aliphatic rings. The minimum Gasteiger partial charge on any atom is -0.384 e. The Morgan fingerprint density at radius 3 is 2.78 bits per heavy atom. The molecule has 2 N–H and O–H groups in total. The van der Waals surface area contributed by atoms with Crippen LogP contribution in [-0.2, 0) is 4.79 Å². The number of amides is 2. The first-order valence-corrected chi connectivity index (χ1v) is 9.05. The number of β-amino-alcohol motifs (C(OH)–C–C–N with tert-alkyl or cyclic N) is 1. The molecule has 1 aliphatic heterocycles. The summed E-state index contributed by atoms with van der Waals surface area (Å²) in [5, 5.41) is 17.3. The second-order valence-electron chi connectivity index (χ2n) is 7.38. The lowest BCUT2D eigenvalue weighted by Gasteiger charge is -2.46. The van der Waals surface area contributed by atoms with Crippen LogP contribution in [-0.4, -0.2) is 66.6 Å². The molecule has 3 heterocycles. The summed E-state index contributed by atoms with van der Waals surface area (Å²) >= 11 is 0. The summed E-state index contributed by atoms with van der Waals surface area (Å²) in [6.45, 7) is 4.17. The minimum atomic E-state index is -1.12. The molecular weight excluding hydrogens is 348 g/mol. The lowest BCUT2D eigenvalue weighted by atomic mass is 9.93. The third kappa shape index (κ3) is 3.30. The Morgan fingerprint density at radius 1 is 1.30 bits per heavy atom. The first kappa shape index (κ1) is 17.6. The molecule has 2 amide bonds. The van der Waals surface area contributed by atoms with Gasteiger partial charge in [-0.2, -0.15) is 4.98 Å². The van der Waals surface area contributed by atoms with E-state index in [1.807, 2.05) is 26.0 Å². The number of allylic oxidation sites excluding steroid dienone is 1. The number of nitrogens with zero attached hydrogens (tertiary/aromatic N) is 5. The topological polar surface area (TPSA) is 113 Å². The molecule has 0 atom stereocenters. The van der Waals surface area contributed by atoms with Crippen molar-refractivity contribution in [2.75, 3.05) is 19.6 Å². The monoisotopic (exact) mass is 370 g/mol. The highest BCUT2D eigenvalue weighted by Crippen LogP contribution is 2.26. The van der Waals surface area contributed by atoms with Crippen molar-refractivity contribution >= 4 is 17.6 Å². The molecule has 0 radical (unpaired) electrons. The van der Waals surface area contributed by atoms with Crippen LogP contribution in [0.4, 0.5) is 0 Å². The number of hydrogen-bond acceptors (Lipinski definition) is 6. The number of hydrogen-bond donors (Lipinski definition) is 2. The fourth-order valence-corrected chi connectivity index (χ4v) is 3.57. The first-order chi connectivity index (χ1) is 12.8. The lowest BCUT2D eigenvalue weighted by molar-refractivity contribution is -0.150. The second kappa shape index (κ2) is 6.41. The van der Waals surface area contributed by atoms with Gasteiger partial charge >= 0.3 is 0 Å². The zero-order chi connectivity index (χ0) is 19.2. The lowest BCUT2D eigenvalue weighted by Crippen LogP contribution is -2.67. The summed E-state index contributed by atoms with van der Waals surface area (Å²) < 4.78 is 1.51. The van der Waals surface area contributed by atoms with Crippen LogP contribution in [0.2, 0.25) is 0 Å². The van der Waals surface area contributed by atoms with Gasteiger partial charge in [-0.05, 0) is 39.2 Å². The van der Waals surface area contributed by atoms with Gasteiger partial charge in [-0.15, -0.1) is 5.10 Å². The van der Waals surface area contributed by atoms with E-state index in [0.717, 1.165) is 36.2 Å². The molecule has 27 heavy (non-hydrogen) atoms. The van der Waals surface area contributed by atoms with Crippen LogP contribution in [0.25, 0.3) is 5.78 Å². The molecule has 2 aromatic heterocycles. The fourth-order valence-electron chi connectivity index (χ4n) is 3.57. The number of aryl methyl sites for hydroxylation is 2. The van der Waals surface area contributed by atoms with Crippen molar-refractivity contribution in [3.05, 3.63) is 34.9 Å². The van der Waals surface area contributed by atoms with Gasteiger partial charge < -0.3 is 15.3 Å². The van der Waals surface area contributed by atoms with E-state index in [1.54, 1.807) is 4.90 Å². The van der Waals surface area contributed by atoms with Crippen LogP contribution in [0.1, 0.15) is 41.3 Å². The van der Waals surface area contributed by atoms with Crippen molar-refractivity contribution in [2.45, 2.75) is 38.7 Å². The minimum absolute atomic E-state index is 0.00293. The third-order valence-corrected chi connectivity index (χ3v) is 4.97. The molecule has 9 nitrogen and oxygen atoms in total. The van der Waals surface area contributed by atoms with Crippen molar-refractivity contribution in [1.29, 1.82) is 0 Å². The zero-order valence-corrected chi connectivity index (χ0v) is 15.4. The van der Waals surface area contributed by atoms with Crippen molar-refractivity contribution in [3.8, 4) is 0 Å². The van der Waals surface area contributed by atoms with E-state index in [9.17, 15) is 14.7 Å². The molecule has 0 unspecified atom stereocenters. The number of rotatable bonds is 4. The number of likely N-dealkylation sites (tertiary alicyclic amines) is 1. The number of fused-ring (bicyclic) bond motifs is 1. The molecule has 0 aromatic carbocycles. The summed E-state index contributed by atoms with van der Waals surface area (Å²) in [7, 11) is 0. The molecule has 4 rings (SSSR count). The van der Waals surface area contributed by atoms with Crippen LogP contribution < -0.4 is 5.32 Å². The number of carbonyl (C=O) groups excluding carboxylic acids is 2. The van der Waals surface area contributed by atoms with E-state index in [-0.39, 0.29) is 31.4 Å². The van der Waals surface area contributed by atoms with E-state index >= 15 is 0 Å². The van der Waals surface area contributed by atoms with E-state index < -0.39 is 11.5 Å². The van der Waals surface area contributed by atoms with Crippen LogP contribution in [0.5, 0.6) is 0 Å². The fraction of sp³-hybridized carbons (Fsp3) is 0.500. The maximum absolute atomic E-state index is 12.3. The molecule has 0 bridgehead atoms. The van der Waals surface area contributed by atoms with Gasteiger partial charge in [0.15, 0.2) is 0 Å². The molecule has 9 heteroatoms. The van der Waals surface area contributed by atoms with Crippen molar-refractivity contribution < 1.29 is 14.7 Å². The predicted octanol–water partition coefficient (Wildman–Crippen LogP) is 0.155. The summed E-state index contributed by atoms with van der Waals surface area (Å²) in [4.78, 5) is 34.6. The van der Waals surface area contributed by atoms with Gasteiger partial charge in [0, 0.05) is 17.0 Å². The second-order valence-corrected chi connectivity index (χ2v) is 7.38. The number of aliphatic hydroxyl groups is 1. The smallest absolute Gasteiger partial charge is 0.291 e. The average Bonchev–Trinajstić information content (AvgIpc) is 3.26. The highest BCUT2D eigenvalue weighted by Gasteiger charge is 2.44. The Labute approximate surface area is 156 Å². The third-order valence-electron chi connectivity index (χ3n) is 4.97. The SMILES string of the molecule is Cc1cc(C)n2nc(C(=O)NCC3(O)CN(C(=O)C4=CCCC4)C3)nc2n1. The van der Waals surface area contributed by atoms with E-state index in [4.69, 9.17) is 0 Å². The summed E-state index contributed by atoms with van der Waals surface area (Å²) in [5.74, 6) is -0.124. The number of nitrogens with one attached hydrogen (secondary N) is 1. The maximum atomic E-state index is 12.3. The summed E-state index contributed by atoms with van der Waals surface area (Å²) in [6, 6.07) is 1.85. The van der Waals surface area contributed by atoms with Crippen molar-refractivity contribution in [1.82, 2.24) is 29.8 Å². The Hall–Kier alpha value is -2.81. The number of carbonyl (C=O) groups is 2. The van der Waals surface area contributed by atoms with Crippen LogP contribution in [0.15, 0.2) is 17.7 Å². The van der Waals surface area contributed by atoms with Crippen molar-refractivity contribution in [2.24, 2.45) is 0 Å². The van der Waals surface area contributed by atoms with Gasteiger partial charge in [-0.3, -0.25) is 9.59 Å². The molecular formula is C18H22N6O3. The van der Waals surface area contributed by atoms with E-state index in [0.29, 0.717) is 5.78 Å². The van der Waals surface area contributed by atoms with Crippen molar-refractivity contribution in [3.63, 3.8) is 0 Å². The quantitative estimate of drug-likeness (QED) is 0.792. The molecule has 1 saturated heterocycles. The molecule has 0 spiro atoms. The summed E-state index contributed by atoms with van der Waals surface area (Å²) in [6.07, 6.45) is 4.72. The average molecular weight is 370 g/mol. The van der Waals surface area contributed by atoms with Gasteiger partial charge in [0.2, 0.25) is 11.7 Å². The molecule has 0 saturated carbocycles. The highest BCUT2D eigenvalue weighted by atomic mass is 16.3. The van der Waals surface area contributed by atoms with Gasteiger partial charge in [-0.25, -0.2) is 9.50 Å². The maximum Gasteiger partial charge on any atom is 0.291 e. The largest absolute Gasteiger partial charge is 0.384 e. The van der Waals surface area contributed by atoms with E-state index in [1.165, 1.54) is 4.52 Å². The Balaban J connectivity index is 1.36. The standard InChI is InChI=1S/C18H22N6O3/c1-11-7-12(2)24-17(20-11)21-14(22-24)15(25)19-8-18(27)9-23(10-18)16(26)13-5-3-4-6-13/h5,7,27H,3-4,6,8-10H2,1-2H3,(H,19,25). The zero-order valence-electron chi connectivity index (χ0n) is 15.4. The highest BCUT2D eigenvalue weighted by molar-refractivity contribution is 5.94. The van der Waals surface area contributed by atoms with E-state index in [2.05, 4.69) is 20.4 Å². The first-order valence-electron chi connectivity index (χ1n) is 9.05. The molecule has 1 aliphatic carbocycles. The Bertz CT molecular complexity index is 957. The van der Waals surface area contributed by atoms with Gasteiger partial charge in [0.25, 0.3) is 11.7 Å². The normalized spacial score (nSPS) is 18.3. The molecule has 1 fully saturated rings. The van der Waals surface area contributed by atoms with Gasteiger partial charge in [-0.1, -0.05) is 6.08 Å². The van der Waals surface area contributed by atoms with Gasteiger partial charge in [0.1, 0.15) is 5.60 Å². The van der Waals surface area contributed by atoms with Crippen LogP contribution in [0.3, 0.4) is 0 Å². The summed E-state index contributed by atoms with van der Waals surface area (Å²) in [5.41, 5.74) is 1.34. The van der Waals surface area contributed by atoms with Crippen LogP contribution in [0, 0.1) is 13.8 Å². The predicted molar refractivity (Wildman–Crippen MR) is 96.1 cm³/mol. The Morgan fingerprint density at radius 2 is 2.07 bits per heavy atom. The Kier molecular flexibility index (Phi) is 4.18. The molecule has 2 aromatic rings. The van der Waals surface area contributed by atoms with Crippen LogP contribution >= 0.6 is 0 Å². The number of aromatic nitrogens is 4.